The van der Waals surface area contributed by atoms with Crippen LogP contribution in [-0.4, -0.2) is 4.98 Å². The third kappa shape index (κ3) is 2.16. The largest absolute Gasteiger partial charge is 0.300 e. The molecule has 2 aromatic rings. The van der Waals surface area contributed by atoms with E-state index in [-0.39, 0.29) is 0 Å². The van der Waals surface area contributed by atoms with Crippen molar-refractivity contribution in [1.29, 1.82) is 0 Å². The molecule has 15 heavy (non-hydrogen) atoms. The van der Waals surface area contributed by atoms with Crippen LogP contribution >= 0.6 is 11.3 Å². The van der Waals surface area contributed by atoms with Crippen molar-refractivity contribution in [2.24, 2.45) is 5.84 Å². The molecule has 1 heterocycles. The molecule has 0 atom stereocenters. The Morgan fingerprint density at radius 3 is 2.40 bits per heavy atom. The van der Waals surface area contributed by atoms with Gasteiger partial charge in [-0.15, -0.1) is 11.3 Å². The summed E-state index contributed by atoms with van der Waals surface area (Å²) in [5, 5.41) is 2.74. The normalized spacial score (nSPS) is 10.3. The number of hydrogen-bond donors (Lipinski definition) is 2. The molecule has 0 saturated heterocycles. The summed E-state index contributed by atoms with van der Waals surface area (Å²) in [4.78, 5) is 4.36. The number of nitrogens with two attached hydrogens (primary N) is 1. The number of hydrazine groups is 1. The van der Waals surface area contributed by atoms with Gasteiger partial charge in [0.1, 0.15) is 0 Å². The first-order valence-electron chi connectivity index (χ1n) is 4.70. The van der Waals surface area contributed by atoms with Crippen molar-refractivity contribution in [2.75, 3.05) is 5.43 Å². The van der Waals surface area contributed by atoms with E-state index in [9.17, 15) is 0 Å². The molecule has 1 aromatic carbocycles. The van der Waals surface area contributed by atoms with Crippen LogP contribution in [0.1, 0.15) is 11.1 Å². The van der Waals surface area contributed by atoms with Crippen LogP contribution in [0.4, 0.5) is 5.13 Å². The van der Waals surface area contributed by atoms with Crippen LogP contribution in [0.5, 0.6) is 0 Å². The minimum atomic E-state index is 0.740. The summed E-state index contributed by atoms with van der Waals surface area (Å²) in [5.41, 5.74) is 7.17. The number of nitrogens with one attached hydrogen (secondary N) is 1. The van der Waals surface area contributed by atoms with E-state index in [1.807, 2.05) is 5.38 Å². The molecule has 0 saturated carbocycles. The quantitative estimate of drug-likeness (QED) is 0.603. The number of nitrogens with zero attached hydrogens (tertiary/aromatic N) is 1. The van der Waals surface area contributed by atoms with Crippen molar-refractivity contribution in [3.8, 4) is 11.3 Å². The lowest BCUT2D eigenvalue weighted by molar-refractivity contribution is 1.28. The number of aryl methyl sites for hydroxylation is 2. The van der Waals surface area contributed by atoms with Crippen LogP contribution in [0.25, 0.3) is 11.3 Å². The maximum atomic E-state index is 5.30. The molecule has 0 aliphatic rings. The SMILES string of the molecule is Cc1cc(C)cc(-c2csc(NN)n2)c1. The Labute approximate surface area is 92.9 Å². The second-order valence-corrected chi connectivity index (χ2v) is 4.42. The van der Waals surface area contributed by atoms with E-state index < -0.39 is 0 Å². The van der Waals surface area contributed by atoms with Gasteiger partial charge in [0.15, 0.2) is 5.13 Å². The van der Waals surface area contributed by atoms with Gasteiger partial charge in [0.2, 0.25) is 0 Å². The highest BCUT2D eigenvalue weighted by Gasteiger charge is 2.04. The number of benzene rings is 1. The van der Waals surface area contributed by atoms with Crippen LogP contribution in [0.2, 0.25) is 0 Å². The summed E-state index contributed by atoms with van der Waals surface area (Å²) < 4.78 is 0. The fourth-order valence-electron chi connectivity index (χ4n) is 1.60. The molecule has 0 spiro atoms. The zero-order valence-electron chi connectivity index (χ0n) is 8.74. The van der Waals surface area contributed by atoms with Crippen molar-refractivity contribution < 1.29 is 0 Å². The molecule has 0 fully saturated rings. The molecule has 0 aliphatic heterocycles. The summed E-state index contributed by atoms with van der Waals surface area (Å²) in [5.74, 6) is 5.30. The van der Waals surface area contributed by atoms with E-state index in [0.717, 1.165) is 16.4 Å². The van der Waals surface area contributed by atoms with Gasteiger partial charge in [-0.25, -0.2) is 10.8 Å². The zero-order valence-corrected chi connectivity index (χ0v) is 9.56. The van der Waals surface area contributed by atoms with Gasteiger partial charge in [-0.05, 0) is 26.0 Å². The number of thiazole rings is 1. The first-order valence-corrected chi connectivity index (χ1v) is 5.58. The highest BCUT2D eigenvalue weighted by Crippen LogP contribution is 2.25. The van der Waals surface area contributed by atoms with Gasteiger partial charge < -0.3 is 0 Å². The molecule has 1 aromatic heterocycles. The van der Waals surface area contributed by atoms with Crippen LogP contribution in [-0.2, 0) is 0 Å². The Hall–Kier alpha value is -1.39. The van der Waals surface area contributed by atoms with Crippen molar-refractivity contribution in [3.63, 3.8) is 0 Å². The van der Waals surface area contributed by atoms with Gasteiger partial charge in [-0.1, -0.05) is 17.2 Å². The second-order valence-electron chi connectivity index (χ2n) is 3.56. The molecule has 78 valence electrons. The van der Waals surface area contributed by atoms with Gasteiger partial charge in [0.25, 0.3) is 0 Å². The van der Waals surface area contributed by atoms with Gasteiger partial charge in [-0.2, -0.15) is 0 Å². The van der Waals surface area contributed by atoms with Crippen molar-refractivity contribution >= 4 is 16.5 Å². The molecular formula is C11H13N3S. The Bertz CT molecular complexity index is 456. The predicted molar refractivity (Wildman–Crippen MR) is 64.8 cm³/mol. The molecule has 3 nitrogen and oxygen atoms in total. The lowest BCUT2D eigenvalue weighted by atomic mass is 10.1. The Kier molecular flexibility index (Phi) is 2.70. The molecule has 0 unspecified atom stereocenters. The third-order valence-corrected chi connectivity index (χ3v) is 2.92. The topological polar surface area (TPSA) is 50.9 Å². The van der Waals surface area contributed by atoms with E-state index in [2.05, 4.69) is 42.5 Å². The smallest absolute Gasteiger partial charge is 0.197 e. The van der Waals surface area contributed by atoms with Crippen molar-refractivity contribution in [1.82, 2.24) is 4.98 Å². The van der Waals surface area contributed by atoms with Crippen LogP contribution in [0, 0.1) is 13.8 Å². The van der Waals surface area contributed by atoms with E-state index in [4.69, 9.17) is 5.84 Å². The van der Waals surface area contributed by atoms with Gasteiger partial charge >= 0.3 is 0 Å². The summed E-state index contributed by atoms with van der Waals surface area (Å²) in [6, 6.07) is 6.41. The highest BCUT2D eigenvalue weighted by molar-refractivity contribution is 7.14. The lowest BCUT2D eigenvalue weighted by Gasteiger charge is -2.01. The minimum Gasteiger partial charge on any atom is -0.300 e. The maximum absolute atomic E-state index is 5.30. The fourth-order valence-corrected chi connectivity index (χ4v) is 2.23. The molecule has 3 N–H and O–H groups in total. The molecular weight excluding hydrogens is 206 g/mol. The molecule has 0 bridgehead atoms. The van der Waals surface area contributed by atoms with E-state index in [1.54, 1.807) is 0 Å². The molecule has 0 radical (unpaired) electrons. The van der Waals surface area contributed by atoms with E-state index in [0.29, 0.717) is 0 Å². The number of hydrogen-bond acceptors (Lipinski definition) is 4. The Balaban J connectivity index is 2.44. The first-order chi connectivity index (χ1) is 7.19. The average molecular weight is 219 g/mol. The monoisotopic (exact) mass is 219 g/mol. The number of rotatable bonds is 2. The summed E-state index contributed by atoms with van der Waals surface area (Å²) in [7, 11) is 0. The van der Waals surface area contributed by atoms with Crippen molar-refractivity contribution in [2.45, 2.75) is 13.8 Å². The fraction of sp³-hybridized carbons (Fsp3) is 0.182. The second kappa shape index (κ2) is 4.00. The number of aromatic nitrogens is 1. The summed E-state index contributed by atoms with van der Waals surface area (Å²) in [6.07, 6.45) is 0. The summed E-state index contributed by atoms with van der Waals surface area (Å²) >= 11 is 1.51. The van der Waals surface area contributed by atoms with Crippen LogP contribution < -0.4 is 11.3 Å². The standard InChI is InChI=1S/C11H13N3S/c1-7-3-8(2)5-9(4-7)10-6-15-11(13-10)14-12/h3-6H,12H2,1-2H3,(H,13,14). The third-order valence-electron chi connectivity index (χ3n) is 2.15. The van der Waals surface area contributed by atoms with E-state index in [1.165, 1.54) is 22.5 Å². The molecule has 2 rings (SSSR count). The van der Waals surface area contributed by atoms with Crippen LogP contribution in [0.3, 0.4) is 0 Å². The van der Waals surface area contributed by atoms with Crippen molar-refractivity contribution in [3.05, 3.63) is 34.7 Å². The summed E-state index contributed by atoms with van der Waals surface area (Å²) in [6.45, 7) is 4.18. The molecule has 4 heteroatoms. The first kappa shape index (κ1) is 10.1. The van der Waals surface area contributed by atoms with E-state index >= 15 is 0 Å². The average Bonchev–Trinajstić information content (AvgIpc) is 2.64. The molecule has 0 aliphatic carbocycles. The zero-order chi connectivity index (χ0) is 10.8. The van der Waals surface area contributed by atoms with Crippen LogP contribution in [0.15, 0.2) is 23.6 Å². The number of anilines is 1. The minimum absolute atomic E-state index is 0.740. The van der Waals surface area contributed by atoms with Gasteiger partial charge in [0.05, 0.1) is 5.69 Å². The maximum Gasteiger partial charge on any atom is 0.197 e. The number of nitrogen functional groups attached to an aromatic ring is 1. The highest BCUT2D eigenvalue weighted by atomic mass is 32.1. The predicted octanol–water partition coefficient (Wildman–Crippen LogP) is 2.71. The van der Waals surface area contributed by atoms with Gasteiger partial charge in [-0.3, -0.25) is 5.43 Å². The van der Waals surface area contributed by atoms with Gasteiger partial charge in [0, 0.05) is 10.9 Å². The molecule has 0 amide bonds. The Morgan fingerprint density at radius 1 is 1.20 bits per heavy atom. The lowest BCUT2D eigenvalue weighted by Crippen LogP contribution is -2.05. The Morgan fingerprint density at radius 2 is 1.87 bits per heavy atom.